The van der Waals surface area contributed by atoms with Crippen LogP contribution in [0.5, 0.6) is 0 Å². The number of amides is 2. The topological polar surface area (TPSA) is 52.7 Å². The van der Waals surface area contributed by atoms with Gasteiger partial charge in [0.1, 0.15) is 0 Å². The second kappa shape index (κ2) is 9.43. The maximum absolute atomic E-state index is 12.8. The van der Waals surface area contributed by atoms with E-state index < -0.39 is 0 Å². The van der Waals surface area contributed by atoms with Crippen molar-refractivity contribution in [1.82, 2.24) is 9.80 Å². The summed E-state index contributed by atoms with van der Waals surface area (Å²) in [7, 11) is 0. The Morgan fingerprint density at radius 1 is 1.00 bits per heavy atom. The van der Waals surface area contributed by atoms with Crippen molar-refractivity contribution >= 4 is 17.5 Å². The van der Waals surface area contributed by atoms with Gasteiger partial charge in [0.2, 0.25) is 5.91 Å². The molecule has 30 heavy (non-hydrogen) atoms. The van der Waals surface area contributed by atoms with Gasteiger partial charge in [0, 0.05) is 30.9 Å². The molecule has 2 aliphatic heterocycles. The number of hydrogen-bond donors (Lipinski definition) is 1. The first kappa shape index (κ1) is 20.6. The van der Waals surface area contributed by atoms with Gasteiger partial charge in [-0.15, -0.1) is 0 Å². The molecule has 0 bridgehead atoms. The SMILES string of the molecule is Cc1cccc(C(=O)N2CCCC(C(=O)Nc3ccc(CN4CCCC4)cc3)C2)c1. The van der Waals surface area contributed by atoms with Crippen molar-refractivity contribution in [3.8, 4) is 0 Å². The normalized spacial score (nSPS) is 19.6. The molecule has 5 heteroatoms. The van der Waals surface area contributed by atoms with Gasteiger partial charge < -0.3 is 10.2 Å². The van der Waals surface area contributed by atoms with E-state index in [1.54, 1.807) is 0 Å². The van der Waals surface area contributed by atoms with Gasteiger partial charge in [-0.25, -0.2) is 0 Å². The highest BCUT2D eigenvalue weighted by atomic mass is 16.2. The Hall–Kier alpha value is -2.66. The molecule has 0 saturated carbocycles. The van der Waals surface area contributed by atoms with Crippen LogP contribution in [-0.2, 0) is 11.3 Å². The quantitative estimate of drug-likeness (QED) is 0.815. The van der Waals surface area contributed by atoms with Crippen molar-refractivity contribution in [3.63, 3.8) is 0 Å². The molecule has 5 nitrogen and oxygen atoms in total. The fraction of sp³-hybridized carbons (Fsp3) is 0.440. The molecule has 0 aliphatic carbocycles. The summed E-state index contributed by atoms with van der Waals surface area (Å²) in [4.78, 5) is 30.0. The standard InChI is InChI=1S/C25H31N3O2/c1-19-6-4-7-21(16-19)25(30)28-15-5-8-22(18-28)24(29)26-23-11-9-20(10-12-23)17-27-13-2-3-14-27/h4,6-7,9-12,16,22H,2-3,5,8,13-15,17-18H2,1H3,(H,26,29). The van der Waals surface area contributed by atoms with Gasteiger partial charge in [0.15, 0.2) is 0 Å². The molecule has 0 spiro atoms. The molecular weight excluding hydrogens is 374 g/mol. The Balaban J connectivity index is 1.33. The third-order valence-corrected chi connectivity index (χ3v) is 6.17. The van der Waals surface area contributed by atoms with Crippen LogP contribution in [0.3, 0.4) is 0 Å². The number of piperidine rings is 1. The average molecular weight is 406 g/mol. The van der Waals surface area contributed by atoms with Crippen LogP contribution in [0.2, 0.25) is 0 Å². The van der Waals surface area contributed by atoms with Crippen LogP contribution < -0.4 is 5.32 Å². The van der Waals surface area contributed by atoms with Gasteiger partial charge in [-0.2, -0.15) is 0 Å². The summed E-state index contributed by atoms with van der Waals surface area (Å²) in [6.45, 7) is 6.51. The number of aryl methyl sites for hydroxylation is 1. The lowest BCUT2D eigenvalue weighted by Crippen LogP contribution is -2.43. The first-order valence-electron chi connectivity index (χ1n) is 11.1. The number of hydrogen-bond acceptors (Lipinski definition) is 3. The van der Waals surface area contributed by atoms with Crippen molar-refractivity contribution in [2.45, 2.75) is 39.2 Å². The van der Waals surface area contributed by atoms with Gasteiger partial charge in [-0.1, -0.05) is 29.8 Å². The third kappa shape index (κ3) is 5.08. The molecule has 2 heterocycles. The first-order chi connectivity index (χ1) is 14.6. The molecule has 4 rings (SSSR count). The van der Waals surface area contributed by atoms with E-state index in [4.69, 9.17) is 0 Å². The molecule has 2 aromatic rings. The second-order valence-corrected chi connectivity index (χ2v) is 8.63. The number of likely N-dealkylation sites (tertiary alicyclic amines) is 2. The predicted octanol–water partition coefficient (Wildman–Crippen LogP) is 4.08. The molecule has 1 atom stereocenters. The molecule has 2 fully saturated rings. The fourth-order valence-corrected chi connectivity index (χ4v) is 4.47. The van der Waals surface area contributed by atoms with Crippen molar-refractivity contribution < 1.29 is 9.59 Å². The van der Waals surface area contributed by atoms with Crippen LogP contribution in [0, 0.1) is 12.8 Å². The molecule has 2 saturated heterocycles. The van der Waals surface area contributed by atoms with Gasteiger partial charge in [-0.05, 0) is 75.5 Å². The minimum absolute atomic E-state index is 0.00374. The van der Waals surface area contributed by atoms with Crippen LogP contribution >= 0.6 is 0 Å². The van der Waals surface area contributed by atoms with Gasteiger partial charge in [-0.3, -0.25) is 14.5 Å². The number of nitrogens with one attached hydrogen (secondary N) is 1. The minimum atomic E-state index is -0.170. The maximum atomic E-state index is 12.8. The van der Waals surface area contributed by atoms with Crippen LogP contribution in [0.15, 0.2) is 48.5 Å². The number of nitrogens with zero attached hydrogens (tertiary/aromatic N) is 2. The molecule has 158 valence electrons. The minimum Gasteiger partial charge on any atom is -0.338 e. The predicted molar refractivity (Wildman–Crippen MR) is 119 cm³/mol. The smallest absolute Gasteiger partial charge is 0.253 e. The lowest BCUT2D eigenvalue weighted by molar-refractivity contribution is -0.121. The average Bonchev–Trinajstić information content (AvgIpc) is 3.28. The number of anilines is 1. The summed E-state index contributed by atoms with van der Waals surface area (Å²) in [5, 5.41) is 3.05. The summed E-state index contributed by atoms with van der Waals surface area (Å²) < 4.78 is 0. The van der Waals surface area contributed by atoms with Crippen LogP contribution in [0.1, 0.15) is 47.2 Å². The summed E-state index contributed by atoms with van der Waals surface area (Å²) >= 11 is 0. The van der Waals surface area contributed by atoms with E-state index in [9.17, 15) is 9.59 Å². The van der Waals surface area contributed by atoms with E-state index in [1.165, 1.54) is 31.5 Å². The van der Waals surface area contributed by atoms with Gasteiger partial charge in [0.05, 0.1) is 5.92 Å². The van der Waals surface area contributed by atoms with Crippen molar-refractivity contribution in [1.29, 1.82) is 0 Å². The molecule has 1 N–H and O–H groups in total. The summed E-state index contributed by atoms with van der Waals surface area (Å²) in [5.41, 5.74) is 3.87. The molecule has 1 unspecified atom stereocenters. The van der Waals surface area contributed by atoms with Crippen molar-refractivity contribution in [2.75, 3.05) is 31.5 Å². The molecule has 2 aromatic carbocycles. The summed E-state index contributed by atoms with van der Waals surface area (Å²) in [6, 6.07) is 15.8. The van der Waals surface area contributed by atoms with E-state index in [1.807, 2.05) is 48.2 Å². The van der Waals surface area contributed by atoms with Crippen LogP contribution in [0.4, 0.5) is 5.69 Å². The number of carbonyl (C=O) groups excluding carboxylic acids is 2. The largest absolute Gasteiger partial charge is 0.338 e. The third-order valence-electron chi connectivity index (χ3n) is 6.17. The molecular formula is C25H31N3O2. The number of carbonyl (C=O) groups is 2. The van der Waals surface area contributed by atoms with Crippen molar-refractivity contribution in [2.24, 2.45) is 5.92 Å². The zero-order chi connectivity index (χ0) is 20.9. The lowest BCUT2D eigenvalue weighted by Gasteiger charge is -2.32. The second-order valence-electron chi connectivity index (χ2n) is 8.63. The zero-order valence-corrected chi connectivity index (χ0v) is 17.8. The lowest BCUT2D eigenvalue weighted by atomic mass is 9.96. The van der Waals surface area contributed by atoms with Crippen LogP contribution in [-0.4, -0.2) is 47.8 Å². The highest BCUT2D eigenvalue weighted by molar-refractivity contribution is 5.96. The Labute approximate surface area is 179 Å². The highest BCUT2D eigenvalue weighted by Gasteiger charge is 2.29. The summed E-state index contributed by atoms with van der Waals surface area (Å²) in [6.07, 6.45) is 4.25. The van der Waals surface area contributed by atoms with Crippen molar-refractivity contribution in [3.05, 3.63) is 65.2 Å². The van der Waals surface area contributed by atoms with Gasteiger partial charge >= 0.3 is 0 Å². The van der Waals surface area contributed by atoms with E-state index >= 15 is 0 Å². The first-order valence-corrected chi connectivity index (χ1v) is 11.1. The molecule has 0 radical (unpaired) electrons. The Kier molecular flexibility index (Phi) is 6.48. The number of rotatable bonds is 5. The molecule has 2 amide bonds. The fourth-order valence-electron chi connectivity index (χ4n) is 4.47. The highest BCUT2D eigenvalue weighted by Crippen LogP contribution is 2.22. The van der Waals surface area contributed by atoms with E-state index in [0.717, 1.165) is 30.6 Å². The van der Waals surface area contributed by atoms with E-state index in [0.29, 0.717) is 18.7 Å². The Bertz CT molecular complexity index is 888. The summed E-state index contributed by atoms with van der Waals surface area (Å²) in [5.74, 6) is -0.150. The molecule has 0 aromatic heterocycles. The van der Waals surface area contributed by atoms with Gasteiger partial charge in [0.25, 0.3) is 5.91 Å². The zero-order valence-electron chi connectivity index (χ0n) is 17.8. The maximum Gasteiger partial charge on any atom is 0.253 e. The van der Waals surface area contributed by atoms with E-state index in [2.05, 4.69) is 22.3 Å². The molecule has 2 aliphatic rings. The Morgan fingerprint density at radius 2 is 1.77 bits per heavy atom. The van der Waals surface area contributed by atoms with Crippen LogP contribution in [0.25, 0.3) is 0 Å². The number of benzene rings is 2. The monoisotopic (exact) mass is 405 g/mol. The van der Waals surface area contributed by atoms with E-state index in [-0.39, 0.29) is 17.7 Å². The Morgan fingerprint density at radius 3 is 2.50 bits per heavy atom.